The lowest BCUT2D eigenvalue weighted by Gasteiger charge is -2.38. The lowest BCUT2D eigenvalue weighted by molar-refractivity contribution is -0.141. The van der Waals surface area contributed by atoms with Gasteiger partial charge in [0, 0.05) is 42.9 Å². The summed E-state index contributed by atoms with van der Waals surface area (Å²) < 4.78 is 12.0. The summed E-state index contributed by atoms with van der Waals surface area (Å²) in [7, 11) is 0. The van der Waals surface area contributed by atoms with E-state index in [2.05, 4.69) is 29.4 Å². The van der Waals surface area contributed by atoms with Gasteiger partial charge >= 0.3 is 0 Å². The molecule has 4 fully saturated rings. The van der Waals surface area contributed by atoms with Gasteiger partial charge in [-0.3, -0.25) is 19.3 Å². The molecule has 0 unspecified atom stereocenters. The Morgan fingerprint density at radius 3 is 2.71 bits per heavy atom. The van der Waals surface area contributed by atoms with Crippen LogP contribution in [0.15, 0.2) is 36.4 Å². The van der Waals surface area contributed by atoms with Gasteiger partial charge in [-0.2, -0.15) is 0 Å². The molecule has 2 bridgehead atoms. The minimum absolute atomic E-state index is 0.0523. The van der Waals surface area contributed by atoms with E-state index in [9.17, 15) is 14.4 Å². The topological polar surface area (TPSA) is 100 Å². The number of hydrogen-bond acceptors (Lipinski definition) is 6. The van der Waals surface area contributed by atoms with E-state index in [1.165, 1.54) is 0 Å². The van der Waals surface area contributed by atoms with E-state index in [0.29, 0.717) is 42.3 Å². The van der Waals surface area contributed by atoms with Crippen LogP contribution in [0, 0.1) is 23.7 Å². The molecule has 1 aliphatic carbocycles. The van der Waals surface area contributed by atoms with Crippen molar-refractivity contribution in [2.75, 3.05) is 44.7 Å². The highest BCUT2D eigenvalue weighted by atomic mass is 35.5. The fourth-order valence-corrected chi connectivity index (χ4v) is 7.83. The predicted octanol–water partition coefficient (Wildman–Crippen LogP) is 3.09. The van der Waals surface area contributed by atoms with Crippen LogP contribution in [-0.2, 0) is 23.9 Å². The zero-order valence-electron chi connectivity index (χ0n) is 23.9. The molecule has 0 radical (unpaired) electrons. The Hall–Kier alpha value is -2.46. The van der Waals surface area contributed by atoms with Crippen molar-refractivity contribution in [1.82, 2.24) is 15.1 Å². The standard InChI is InChI=1S/C31H41ClN4O5/c1-19-6-3-9-23(20(19)2)34-29(38)27-31-11-10-24(41-31)25(28(37)33-22-8-4-7-21(32)18-22)26(31)30(39)36(27)13-5-12-35-14-16-40-17-15-35/h4,7-8,10-11,18-20,23-27H,3,5-6,9,12-17H2,1-2H3,(H,33,37)(H,34,38)/t19-,20-,23+,24+,25+,26+,27+,31+/m1/s1. The maximum Gasteiger partial charge on any atom is 0.246 e. The summed E-state index contributed by atoms with van der Waals surface area (Å²) >= 11 is 6.14. The van der Waals surface area contributed by atoms with Gasteiger partial charge in [0.25, 0.3) is 0 Å². The lowest BCUT2D eigenvalue weighted by Crippen LogP contribution is -2.58. The first kappa shape index (κ1) is 28.6. The Balaban J connectivity index is 1.25. The summed E-state index contributed by atoms with van der Waals surface area (Å²) in [6.07, 6.45) is 7.05. The molecule has 1 aromatic carbocycles. The van der Waals surface area contributed by atoms with Crippen molar-refractivity contribution in [3.05, 3.63) is 41.4 Å². The zero-order valence-corrected chi connectivity index (χ0v) is 24.6. The molecule has 2 N–H and O–H groups in total. The number of carbonyl (C=O) groups excluding carboxylic acids is 3. The predicted molar refractivity (Wildman–Crippen MR) is 155 cm³/mol. The minimum atomic E-state index is -1.16. The number of amides is 3. The van der Waals surface area contributed by atoms with E-state index >= 15 is 0 Å². The maximum atomic E-state index is 14.2. The average molecular weight is 585 g/mol. The monoisotopic (exact) mass is 584 g/mol. The van der Waals surface area contributed by atoms with E-state index in [1.807, 2.05) is 12.2 Å². The summed E-state index contributed by atoms with van der Waals surface area (Å²) in [5.74, 6) is -1.30. The van der Waals surface area contributed by atoms with Crippen LogP contribution in [0.25, 0.3) is 0 Å². The second-order valence-electron chi connectivity index (χ2n) is 12.4. The van der Waals surface area contributed by atoms with Crippen molar-refractivity contribution in [3.63, 3.8) is 0 Å². The molecular weight excluding hydrogens is 544 g/mol. The van der Waals surface area contributed by atoms with Crippen molar-refractivity contribution in [2.24, 2.45) is 23.7 Å². The minimum Gasteiger partial charge on any atom is -0.379 e. The SMILES string of the molecule is C[C@@H]1[C@H](C)CCC[C@@H]1NC(=O)[C@@H]1N(CCCN2CCOCC2)C(=O)[C@@H]2[C@@H](C(=O)Nc3cccc(Cl)c3)[C@@H]3C=C[C@]21O3. The van der Waals surface area contributed by atoms with Gasteiger partial charge in [-0.15, -0.1) is 0 Å². The molecule has 3 saturated heterocycles. The van der Waals surface area contributed by atoms with Gasteiger partial charge < -0.3 is 25.0 Å². The molecule has 10 heteroatoms. The van der Waals surface area contributed by atoms with Crippen molar-refractivity contribution in [3.8, 4) is 0 Å². The van der Waals surface area contributed by atoms with Gasteiger partial charge in [0.05, 0.1) is 31.2 Å². The third-order valence-electron chi connectivity index (χ3n) is 10.0. The van der Waals surface area contributed by atoms with Crippen LogP contribution in [0.3, 0.4) is 0 Å². The summed E-state index contributed by atoms with van der Waals surface area (Å²) in [5, 5.41) is 6.77. The van der Waals surface area contributed by atoms with Gasteiger partial charge in [0.1, 0.15) is 11.6 Å². The molecule has 3 amide bonds. The van der Waals surface area contributed by atoms with Crippen molar-refractivity contribution in [2.45, 2.75) is 63.3 Å². The van der Waals surface area contributed by atoms with E-state index in [4.69, 9.17) is 21.1 Å². The van der Waals surface area contributed by atoms with Crippen LogP contribution in [-0.4, -0.2) is 90.7 Å². The molecule has 6 rings (SSSR count). The Morgan fingerprint density at radius 1 is 1.12 bits per heavy atom. The van der Waals surface area contributed by atoms with Crippen molar-refractivity contribution in [1.29, 1.82) is 0 Å². The van der Waals surface area contributed by atoms with Crippen LogP contribution in [0.2, 0.25) is 5.02 Å². The molecule has 222 valence electrons. The first-order valence-electron chi connectivity index (χ1n) is 15.1. The summed E-state index contributed by atoms with van der Waals surface area (Å²) in [4.78, 5) is 46.0. The third-order valence-corrected chi connectivity index (χ3v) is 10.3. The highest BCUT2D eigenvalue weighted by molar-refractivity contribution is 6.30. The maximum absolute atomic E-state index is 14.2. The second-order valence-corrected chi connectivity index (χ2v) is 12.9. The number of morpholine rings is 1. The summed E-state index contributed by atoms with van der Waals surface area (Å²) in [6.45, 7) is 8.82. The van der Waals surface area contributed by atoms with Crippen LogP contribution in [0.1, 0.15) is 39.5 Å². The van der Waals surface area contributed by atoms with Crippen LogP contribution >= 0.6 is 11.6 Å². The van der Waals surface area contributed by atoms with Crippen LogP contribution < -0.4 is 10.6 Å². The molecule has 1 aromatic rings. The fraction of sp³-hybridized carbons (Fsp3) is 0.645. The molecule has 1 spiro atoms. The number of carbonyl (C=O) groups is 3. The van der Waals surface area contributed by atoms with E-state index in [-0.39, 0.29) is 23.8 Å². The normalized spacial score (nSPS) is 36.4. The molecule has 41 heavy (non-hydrogen) atoms. The fourth-order valence-electron chi connectivity index (χ4n) is 7.64. The highest BCUT2D eigenvalue weighted by Gasteiger charge is 2.72. The number of likely N-dealkylation sites (tertiary alicyclic amines) is 1. The largest absolute Gasteiger partial charge is 0.379 e. The molecule has 4 aliphatic heterocycles. The van der Waals surface area contributed by atoms with E-state index in [0.717, 1.165) is 45.3 Å². The van der Waals surface area contributed by atoms with Gasteiger partial charge in [0.2, 0.25) is 17.7 Å². The zero-order chi connectivity index (χ0) is 28.7. The molecule has 8 atom stereocenters. The smallest absolute Gasteiger partial charge is 0.246 e. The Labute approximate surface area is 246 Å². The van der Waals surface area contributed by atoms with Crippen LogP contribution in [0.5, 0.6) is 0 Å². The number of halogens is 1. The third kappa shape index (κ3) is 5.31. The summed E-state index contributed by atoms with van der Waals surface area (Å²) in [5.41, 5.74) is -0.601. The quantitative estimate of drug-likeness (QED) is 0.456. The Kier molecular flexibility index (Phi) is 8.15. The van der Waals surface area contributed by atoms with Gasteiger partial charge in [-0.1, -0.05) is 56.5 Å². The number of anilines is 1. The number of benzene rings is 1. The number of nitrogens with one attached hydrogen (secondary N) is 2. The molecule has 0 aromatic heterocycles. The molecule has 5 aliphatic rings. The van der Waals surface area contributed by atoms with E-state index in [1.54, 1.807) is 29.2 Å². The number of ether oxygens (including phenoxy) is 2. The second kappa shape index (κ2) is 11.7. The highest BCUT2D eigenvalue weighted by Crippen LogP contribution is 2.55. The van der Waals surface area contributed by atoms with Crippen LogP contribution in [0.4, 0.5) is 5.69 Å². The first-order chi connectivity index (χ1) is 19.8. The molecule has 9 nitrogen and oxygen atoms in total. The average Bonchev–Trinajstić information content (AvgIpc) is 3.59. The van der Waals surface area contributed by atoms with Crippen molar-refractivity contribution < 1.29 is 23.9 Å². The Morgan fingerprint density at radius 2 is 1.93 bits per heavy atom. The van der Waals surface area contributed by atoms with Gasteiger partial charge in [0.15, 0.2) is 0 Å². The number of fused-ring (bicyclic) bond motifs is 1. The molecule has 4 heterocycles. The van der Waals surface area contributed by atoms with Gasteiger partial charge in [-0.05, 0) is 42.9 Å². The van der Waals surface area contributed by atoms with Gasteiger partial charge in [-0.25, -0.2) is 0 Å². The number of hydrogen-bond donors (Lipinski definition) is 2. The van der Waals surface area contributed by atoms with Crippen molar-refractivity contribution >= 4 is 35.0 Å². The number of rotatable bonds is 8. The van der Waals surface area contributed by atoms with E-state index < -0.39 is 29.6 Å². The summed E-state index contributed by atoms with van der Waals surface area (Å²) in [6, 6.07) is 6.18. The molecular formula is C31H41ClN4O5. The first-order valence-corrected chi connectivity index (χ1v) is 15.5. The molecule has 1 saturated carbocycles. The number of nitrogens with zero attached hydrogens (tertiary/aromatic N) is 2. The Bertz CT molecular complexity index is 1200. The lowest BCUT2D eigenvalue weighted by atomic mass is 9.73.